The van der Waals surface area contributed by atoms with E-state index >= 15 is 0 Å². The van der Waals surface area contributed by atoms with Crippen molar-refractivity contribution in [3.63, 3.8) is 0 Å². The molecule has 0 aromatic heterocycles. The summed E-state index contributed by atoms with van der Waals surface area (Å²) in [5.41, 5.74) is 2.38. The number of rotatable bonds is 3. The molecule has 6 nitrogen and oxygen atoms in total. The molecular weight excluding hydrogens is 386 g/mol. The van der Waals surface area contributed by atoms with Crippen LogP contribution in [-0.4, -0.2) is 23.8 Å². The molecule has 0 aliphatic carbocycles. The minimum Gasteiger partial charge on any atom is -0.340 e. The van der Waals surface area contributed by atoms with Gasteiger partial charge in [0.25, 0.3) is 5.91 Å². The Balaban J connectivity index is 1.71. The highest BCUT2D eigenvalue weighted by molar-refractivity contribution is 9.10. The predicted molar refractivity (Wildman–Crippen MR) is 98.5 cm³/mol. The number of carbonyl (C=O) groups excluding carboxylic acids is 3. The summed E-state index contributed by atoms with van der Waals surface area (Å²) >= 11 is 3.37. The highest BCUT2D eigenvalue weighted by Crippen LogP contribution is 2.21. The van der Waals surface area contributed by atoms with Gasteiger partial charge in [0.1, 0.15) is 6.04 Å². The Morgan fingerprint density at radius 2 is 1.96 bits per heavy atom. The van der Waals surface area contributed by atoms with E-state index in [9.17, 15) is 14.4 Å². The van der Waals surface area contributed by atoms with Crippen molar-refractivity contribution in [2.75, 3.05) is 10.6 Å². The smallest absolute Gasteiger partial charge is 0.254 e. The summed E-state index contributed by atoms with van der Waals surface area (Å²) in [4.78, 5) is 36.9. The van der Waals surface area contributed by atoms with E-state index in [1.807, 2.05) is 19.1 Å². The third kappa shape index (κ3) is 3.88. The Morgan fingerprint density at radius 3 is 2.72 bits per heavy atom. The van der Waals surface area contributed by atoms with Crippen molar-refractivity contribution in [1.29, 1.82) is 0 Å². The molecule has 1 heterocycles. The average Bonchev–Trinajstić information content (AvgIpc) is 2.68. The standard InChI is InChI=1S/C18H16BrN3O3/c1-10-8-11(19)6-7-13(10)20-16(23)9-15-18(25)21-14-5-3-2-4-12(14)17(24)22-15/h2-8,15H,9H2,1H3,(H,20,23)(H,21,25)(H,22,24). The van der Waals surface area contributed by atoms with Crippen LogP contribution < -0.4 is 16.0 Å². The van der Waals surface area contributed by atoms with Gasteiger partial charge in [-0.2, -0.15) is 0 Å². The zero-order valence-corrected chi connectivity index (χ0v) is 15.0. The van der Waals surface area contributed by atoms with Crippen LogP contribution >= 0.6 is 15.9 Å². The predicted octanol–water partition coefficient (Wildman–Crippen LogP) is 2.84. The maximum absolute atomic E-state index is 12.3. The second-order valence-electron chi connectivity index (χ2n) is 5.77. The molecule has 0 saturated carbocycles. The van der Waals surface area contributed by atoms with Crippen LogP contribution in [0.3, 0.4) is 0 Å². The third-order valence-corrected chi connectivity index (χ3v) is 4.40. The number of hydrogen-bond acceptors (Lipinski definition) is 3. The summed E-state index contributed by atoms with van der Waals surface area (Å²) in [5, 5.41) is 8.06. The van der Waals surface area contributed by atoms with Crippen LogP contribution in [0.1, 0.15) is 22.3 Å². The molecule has 2 aromatic rings. The van der Waals surface area contributed by atoms with Crippen molar-refractivity contribution < 1.29 is 14.4 Å². The van der Waals surface area contributed by atoms with Crippen LogP contribution in [0, 0.1) is 6.92 Å². The maximum atomic E-state index is 12.3. The van der Waals surface area contributed by atoms with Crippen LogP contribution in [0.5, 0.6) is 0 Å². The lowest BCUT2D eigenvalue weighted by Crippen LogP contribution is -2.43. The molecule has 2 aromatic carbocycles. The summed E-state index contributed by atoms with van der Waals surface area (Å²) in [7, 11) is 0. The minimum atomic E-state index is -0.935. The molecule has 1 atom stereocenters. The van der Waals surface area contributed by atoms with Gasteiger partial charge in [0, 0.05) is 10.2 Å². The first kappa shape index (κ1) is 17.2. The van der Waals surface area contributed by atoms with Crippen molar-refractivity contribution >= 4 is 45.0 Å². The summed E-state index contributed by atoms with van der Waals surface area (Å²) in [6, 6.07) is 11.3. The van der Waals surface area contributed by atoms with Crippen molar-refractivity contribution in [1.82, 2.24) is 5.32 Å². The Labute approximate surface area is 153 Å². The molecule has 1 aliphatic heterocycles. The molecule has 3 amide bonds. The lowest BCUT2D eigenvalue weighted by Gasteiger charge is -2.15. The Morgan fingerprint density at radius 1 is 1.20 bits per heavy atom. The molecule has 128 valence electrons. The maximum Gasteiger partial charge on any atom is 0.254 e. The van der Waals surface area contributed by atoms with E-state index in [-0.39, 0.29) is 18.2 Å². The van der Waals surface area contributed by atoms with Gasteiger partial charge < -0.3 is 16.0 Å². The third-order valence-electron chi connectivity index (χ3n) is 3.90. The van der Waals surface area contributed by atoms with Crippen LogP contribution in [-0.2, 0) is 9.59 Å². The van der Waals surface area contributed by atoms with Crippen LogP contribution in [0.2, 0.25) is 0 Å². The average molecular weight is 402 g/mol. The fourth-order valence-electron chi connectivity index (χ4n) is 2.61. The van der Waals surface area contributed by atoms with Gasteiger partial charge in [0.15, 0.2) is 0 Å². The van der Waals surface area contributed by atoms with E-state index in [1.165, 1.54) is 0 Å². The van der Waals surface area contributed by atoms with Crippen molar-refractivity contribution in [2.24, 2.45) is 0 Å². The van der Waals surface area contributed by atoms with Gasteiger partial charge in [0.05, 0.1) is 17.7 Å². The van der Waals surface area contributed by atoms with Crippen LogP contribution in [0.25, 0.3) is 0 Å². The van der Waals surface area contributed by atoms with Crippen molar-refractivity contribution in [3.8, 4) is 0 Å². The van der Waals surface area contributed by atoms with Gasteiger partial charge in [-0.15, -0.1) is 0 Å². The Kier molecular flexibility index (Phi) is 4.85. The highest BCUT2D eigenvalue weighted by Gasteiger charge is 2.29. The molecule has 3 N–H and O–H groups in total. The first-order valence-corrected chi connectivity index (χ1v) is 8.50. The first-order chi connectivity index (χ1) is 11.9. The zero-order valence-electron chi connectivity index (χ0n) is 13.4. The number of carbonyl (C=O) groups is 3. The van der Waals surface area contributed by atoms with Crippen molar-refractivity contribution in [2.45, 2.75) is 19.4 Å². The summed E-state index contributed by atoms with van der Waals surface area (Å²) in [6.45, 7) is 1.87. The van der Waals surface area contributed by atoms with Gasteiger partial charge in [-0.05, 0) is 42.8 Å². The molecule has 0 bridgehead atoms. The fourth-order valence-corrected chi connectivity index (χ4v) is 3.08. The number of anilines is 2. The molecule has 7 heteroatoms. The number of halogens is 1. The van der Waals surface area contributed by atoms with E-state index < -0.39 is 11.9 Å². The minimum absolute atomic E-state index is 0.152. The Bertz CT molecular complexity index is 866. The molecule has 25 heavy (non-hydrogen) atoms. The van der Waals surface area contributed by atoms with Crippen LogP contribution in [0.4, 0.5) is 11.4 Å². The summed E-state index contributed by atoms with van der Waals surface area (Å²) < 4.78 is 0.913. The van der Waals surface area contributed by atoms with Gasteiger partial charge in [-0.1, -0.05) is 28.1 Å². The number of amides is 3. The molecule has 0 radical (unpaired) electrons. The second kappa shape index (κ2) is 7.06. The van der Waals surface area contributed by atoms with E-state index in [0.29, 0.717) is 16.9 Å². The lowest BCUT2D eigenvalue weighted by molar-refractivity contribution is -0.122. The van der Waals surface area contributed by atoms with E-state index in [1.54, 1.807) is 30.3 Å². The fraction of sp³-hybridized carbons (Fsp3) is 0.167. The molecular formula is C18H16BrN3O3. The molecule has 3 rings (SSSR count). The SMILES string of the molecule is Cc1cc(Br)ccc1NC(=O)CC1NC(=O)c2ccccc2NC1=O. The number of para-hydroxylation sites is 1. The number of fused-ring (bicyclic) bond motifs is 1. The Hall–Kier alpha value is -2.67. The van der Waals surface area contributed by atoms with E-state index in [2.05, 4.69) is 31.9 Å². The lowest BCUT2D eigenvalue weighted by atomic mass is 10.1. The number of nitrogens with one attached hydrogen (secondary N) is 3. The molecule has 0 fully saturated rings. The van der Waals surface area contributed by atoms with E-state index in [4.69, 9.17) is 0 Å². The second-order valence-corrected chi connectivity index (χ2v) is 6.69. The monoisotopic (exact) mass is 401 g/mol. The number of hydrogen-bond donors (Lipinski definition) is 3. The van der Waals surface area contributed by atoms with Crippen molar-refractivity contribution in [3.05, 3.63) is 58.1 Å². The first-order valence-electron chi connectivity index (χ1n) is 7.71. The largest absolute Gasteiger partial charge is 0.340 e. The molecule has 1 unspecified atom stereocenters. The topological polar surface area (TPSA) is 87.3 Å². The summed E-state index contributed by atoms with van der Waals surface area (Å²) in [6.07, 6.45) is -0.152. The quantitative estimate of drug-likeness (QED) is 0.738. The van der Waals surface area contributed by atoms with Gasteiger partial charge in [-0.25, -0.2) is 0 Å². The number of benzene rings is 2. The molecule has 1 aliphatic rings. The molecule has 0 spiro atoms. The normalized spacial score (nSPS) is 16.3. The van der Waals surface area contributed by atoms with Gasteiger partial charge >= 0.3 is 0 Å². The highest BCUT2D eigenvalue weighted by atomic mass is 79.9. The number of aryl methyl sites for hydroxylation is 1. The zero-order chi connectivity index (χ0) is 18.0. The van der Waals surface area contributed by atoms with Crippen LogP contribution in [0.15, 0.2) is 46.9 Å². The summed E-state index contributed by atoms with van der Waals surface area (Å²) in [5.74, 6) is -1.15. The molecule has 0 saturated heterocycles. The van der Waals surface area contributed by atoms with Gasteiger partial charge in [0.2, 0.25) is 11.8 Å². The van der Waals surface area contributed by atoms with E-state index in [0.717, 1.165) is 10.0 Å². The van der Waals surface area contributed by atoms with Gasteiger partial charge in [-0.3, -0.25) is 14.4 Å².